The number of ether oxygens (including phenoxy) is 1. The van der Waals surface area contributed by atoms with Crippen molar-refractivity contribution in [3.63, 3.8) is 0 Å². The second-order valence-electron chi connectivity index (χ2n) is 4.22. The standard InChI is InChI=1S/C13H10ClN5O2/c1-21-11(20)9-6-10(7-2-4-8(14)5-3-7)19-12(15)17-18-13(19)16-9/h2-6H,1H3,(H2,15,17). The zero-order valence-electron chi connectivity index (χ0n) is 10.9. The quantitative estimate of drug-likeness (QED) is 0.725. The number of fused-ring (bicyclic) bond motifs is 1. The molecule has 106 valence electrons. The Labute approximate surface area is 124 Å². The van der Waals surface area contributed by atoms with Crippen LogP contribution in [0.1, 0.15) is 10.5 Å². The molecule has 3 rings (SSSR count). The highest BCUT2D eigenvalue weighted by molar-refractivity contribution is 6.30. The van der Waals surface area contributed by atoms with Crippen molar-refractivity contribution in [2.75, 3.05) is 12.8 Å². The van der Waals surface area contributed by atoms with Gasteiger partial charge in [-0.3, -0.25) is 0 Å². The maximum atomic E-state index is 11.7. The second-order valence-corrected chi connectivity index (χ2v) is 4.66. The van der Waals surface area contributed by atoms with Crippen LogP contribution in [0.15, 0.2) is 30.3 Å². The minimum atomic E-state index is -0.561. The van der Waals surface area contributed by atoms with E-state index in [0.717, 1.165) is 5.56 Å². The Morgan fingerprint density at radius 3 is 2.67 bits per heavy atom. The molecule has 7 nitrogen and oxygen atoms in total. The number of aromatic nitrogens is 4. The van der Waals surface area contributed by atoms with Crippen molar-refractivity contribution in [2.45, 2.75) is 0 Å². The second kappa shape index (κ2) is 5.02. The summed E-state index contributed by atoms with van der Waals surface area (Å²) in [5, 5.41) is 8.22. The number of esters is 1. The van der Waals surface area contributed by atoms with Gasteiger partial charge >= 0.3 is 5.97 Å². The zero-order valence-corrected chi connectivity index (χ0v) is 11.7. The lowest BCUT2D eigenvalue weighted by atomic mass is 10.1. The fraction of sp³-hybridized carbons (Fsp3) is 0.0769. The summed E-state index contributed by atoms with van der Waals surface area (Å²) >= 11 is 5.89. The molecule has 0 aliphatic carbocycles. The molecular formula is C13H10ClN5O2. The number of hydrogen-bond acceptors (Lipinski definition) is 6. The lowest BCUT2D eigenvalue weighted by molar-refractivity contribution is 0.0594. The smallest absolute Gasteiger partial charge is 0.356 e. The van der Waals surface area contributed by atoms with E-state index in [0.29, 0.717) is 10.7 Å². The number of nitrogen functional groups attached to an aromatic ring is 1. The van der Waals surface area contributed by atoms with Gasteiger partial charge < -0.3 is 10.5 Å². The van der Waals surface area contributed by atoms with Gasteiger partial charge in [0.15, 0.2) is 5.69 Å². The Hall–Kier alpha value is -2.67. The van der Waals surface area contributed by atoms with Crippen LogP contribution in [0.3, 0.4) is 0 Å². The number of halogens is 1. The number of hydrogen-bond donors (Lipinski definition) is 1. The van der Waals surface area contributed by atoms with Crippen molar-refractivity contribution in [2.24, 2.45) is 0 Å². The molecule has 0 aliphatic rings. The number of carbonyl (C=O) groups excluding carboxylic acids is 1. The van der Waals surface area contributed by atoms with Gasteiger partial charge in [0.05, 0.1) is 12.8 Å². The summed E-state index contributed by atoms with van der Waals surface area (Å²) in [7, 11) is 1.29. The minimum absolute atomic E-state index is 0.127. The summed E-state index contributed by atoms with van der Waals surface area (Å²) in [4.78, 5) is 15.8. The molecule has 2 aromatic heterocycles. The topological polar surface area (TPSA) is 95.4 Å². The van der Waals surface area contributed by atoms with E-state index in [1.165, 1.54) is 7.11 Å². The largest absolute Gasteiger partial charge is 0.464 e. The van der Waals surface area contributed by atoms with E-state index in [9.17, 15) is 4.79 Å². The number of carbonyl (C=O) groups is 1. The molecule has 8 heteroatoms. The van der Waals surface area contributed by atoms with Crippen molar-refractivity contribution in [3.05, 3.63) is 41.0 Å². The number of nitrogens with two attached hydrogens (primary N) is 1. The van der Waals surface area contributed by atoms with Crippen molar-refractivity contribution < 1.29 is 9.53 Å². The molecule has 0 spiro atoms. The maximum absolute atomic E-state index is 11.7. The summed E-state index contributed by atoms with van der Waals surface area (Å²) in [5.41, 5.74) is 7.36. The number of benzene rings is 1. The molecule has 0 radical (unpaired) electrons. The van der Waals surface area contributed by atoms with Crippen molar-refractivity contribution in [1.29, 1.82) is 0 Å². The van der Waals surface area contributed by atoms with Crippen LogP contribution < -0.4 is 5.73 Å². The molecule has 1 aromatic carbocycles. The Morgan fingerprint density at radius 2 is 2.00 bits per heavy atom. The van der Waals surface area contributed by atoms with Crippen LogP contribution in [0.2, 0.25) is 5.02 Å². The molecule has 2 heterocycles. The van der Waals surface area contributed by atoms with Gasteiger partial charge in [0.25, 0.3) is 5.78 Å². The first-order chi connectivity index (χ1) is 10.1. The highest BCUT2D eigenvalue weighted by Gasteiger charge is 2.16. The molecule has 0 unspecified atom stereocenters. The predicted molar refractivity (Wildman–Crippen MR) is 77.0 cm³/mol. The van der Waals surface area contributed by atoms with Gasteiger partial charge in [-0.25, -0.2) is 14.2 Å². The zero-order chi connectivity index (χ0) is 15.0. The monoisotopic (exact) mass is 303 g/mol. The van der Waals surface area contributed by atoms with Crippen LogP contribution in [0.5, 0.6) is 0 Å². The molecule has 0 saturated heterocycles. The number of methoxy groups -OCH3 is 1. The average Bonchev–Trinajstić information content (AvgIpc) is 2.88. The fourth-order valence-electron chi connectivity index (χ4n) is 1.97. The summed E-state index contributed by atoms with van der Waals surface area (Å²) < 4.78 is 6.24. The fourth-order valence-corrected chi connectivity index (χ4v) is 2.09. The van der Waals surface area contributed by atoms with Crippen LogP contribution in [0, 0.1) is 0 Å². The normalized spacial score (nSPS) is 10.8. The molecule has 0 fully saturated rings. The third-order valence-corrected chi connectivity index (χ3v) is 3.19. The van der Waals surface area contributed by atoms with E-state index in [-0.39, 0.29) is 17.4 Å². The summed E-state index contributed by atoms with van der Waals surface area (Å²) in [6.45, 7) is 0. The van der Waals surface area contributed by atoms with Gasteiger partial charge in [0.2, 0.25) is 5.95 Å². The van der Waals surface area contributed by atoms with Gasteiger partial charge in [-0.2, -0.15) is 0 Å². The van der Waals surface area contributed by atoms with Crippen LogP contribution >= 0.6 is 11.6 Å². The van der Waals surface area contributed by atoms with E-state index >= 15 is 0 Å². The van der Waals surface area contributed by atoms with Crippen molar-refractivity contribution in [1.82, 2.24) is 19.6 Å². The summed E-state index contributed by atoms with van der Waals surface area (Å²) in [5.74, 6) is -0.159. The Bertz CT molecular complexity index is 828. The molecule has 0 bridgehead atoms. The third-order valence-electron chi connectivity index (χ3n) is 2.94. The van der Waals surface area contributed by atoms with Crippen LogP contribution in [0.4, 0.5) is 5.95 Å². The van der Waals surface area contributed by atoms with Crippen molar-refractivity contribution >= 4 is 29.3 Å². The highest BCUT2D eigenvalue weighted by atomic mass is 35.5. The van der Waals surface area contributed by atoms with Gasteiger partial charge in [-0.15, -0.1) is 10.2 Å². The number of anilines is 1. The number of rotatable bonds is 2. The molecule has 3 aromatic rings. The minimum Gasteiger partial charge on any atom is -0.464 e. The number of nitrogens with zero attached hydrogens (tertiary/aromatic N) is 4. The van der Waals surface area contributed by atoms with Crippen LogP contribution in [-0.4, -0.2) is 32.7 Å². The predicted octanol–water partition coefficient (Wildman–Crippen LogP) is 1.81. The van der Waals surface area contributed by atoms with Gasteiger partial charge in [0, 0.05) is 5.02 Å². The van der Waals surface area contributed by atoms with E-state index in [4.69, 9.17) is 22.1 Å². The SMILES string of the molecule is COC(=O)c1cc(-c2ccc(Cl)cc2)n2c(N)nnc2n1. The molecule has 0 amide bonds. The molecule has 2 N–H and O–H groups in total. The third kappa shape index (κ3) is 2.27. The van der Waals surface area contributed by atoms with Crippen LogP contribution in [0.25, 0.3) is 17.0 Å². The van der Waals surface area contributed by atoms with Crippen LogP contribution in [-0.2, 0) is 4.74 Å². The molecule has 0 atom stereocenters. The van der Waals surface area contributed by atoms with E-state index in [1.54, 1.807) is 34.7 Å². The first-order valence-electron chi connectivity index (χ1n) is 5.96. The molecule has 0 saturated carbocycles. The Kier molecular flexibility index (Phi) is 3.19. The van der Waals surface area contributed by atoms with Gasteiger partial charge in [-0.05, 0) is 23.8 Å². The van der Waals surface area contributed by atoms with Gasteiger partial charge in [0.1, 0.15) is 0 Å². The lowest BCUT2D eigenvalue weighted by Crippen LogP contribution is -2.08. The molecular weight excluding hydrogens is 294 g/mol. The first-order valence-corrected chi connectivity index (χ1v) is 6.34. The summed E-state index contributed by atoms with van der Waals surface area (Å²) in [6, 6.07) is 8.65. The molecule has 21 heavy (non-hydrogen) atoms. The highest BCUT2D eigenvalue weighted by Crippen LogP contribution is 2.24. The van der Waals surface area contributed by atoms with Crippen molar-refractivity contribution in [3.8, 4) is 11.3 Å². The maximum Gasteiger partial charge on any atom is 0.356 e. The average molecular weight is 304 g/mol. The van der Waals surface area contributed by atoms with E-state index in [1.807, 2.05) is 0 Å². The molecule has 0 aliphatic heterocycles. The summed E-state index contributed by atoms with van der Waals surface area (Å²) in [6.07, 6.45) is 0. The van der Waals surface area contributed by atoms with Gasteiger partial charge in [-0.1, -0.05) is 23.7 Å². The Morgan fingerprint density at radius 1 is 1.29 bits per heavy atom. The van der Waals surface area contributed by atoms with E-state index < -0.39 is 5.97 Å². The first kappa shape index (κ1) is 13.3. The lowest BCUT2D eigenvalue weighted by Gasteiger charge is -2.08. The Balaban J connectivity index is 2.30. The van der Waals surface area contributed by atoms with E-state index in [2.05, 4.69) is 15.2 Å².